The molecule has 7 nitrogen and oxygen atoms in total. The van der Waals surface area contributed by atoms with Crippen LogP contribution in [0.15, 0.2) is 35.5 Å². The second-order valence-electron chi connectivity index (χ2n) is 9.83. The molecule has 2 fully saturated rings. The summed E-state index contributed by atoms with van der Waals surface area (Å²) in [7, 11) is 0. The standard InChI is InChI=1S/C25H40O7/c1-9-14(3)13-30-18(12-19(26)24(6,7)29)16(5)17-11-20-25(8,32-20)22(27)21(17)31-23(28)15(4)10-2/h9-10,17-22,26-27,29H,5,11-13H2,1-4,6-8H3/b14-9-,15-10-/t17-,18?,19?,20-,21+,22+,25-/m1/s1. The monoisotopic (exact) mass is 452 g/mol. The molecule has 0 aromatic heterocycles. The third-order valence-electron chi connectivity index (χ3n) is 6.89. The number of carbonyl (C=O) groups is 1. The number of esters is 1. The van der Waals surface area contributed by atoms with Crippen LogP contribution in [-0.2, 0) is 19.0 Å². The van der Waals surface area contributed by atoms with Gasteiger partial charge in [0.2, 0.25) is 0 Å². The first-order chi connectivity index (χ1) is 14.8. The number of fused-ring (bicyclic) bond motifs is 1. The van der Waals surface area contributed by atoms with Gasteiger partial charge in [-0.15, -0.1) is 0 Å². The maximum absolute atomic E-state index is 12.5. The van der Waals surface area contributed by atoms with Crippen LogP contribution >= 0.6 is 0 Å². The summed E-state index contributed by atoms with van der Waals surface area (Å²) in [6.07, 6.45) is 0.497. The lowest BCUT2D eigenvalue weighted by Crippen LogP contribution is -2.52. The minimum atomic E-state index is -1.32. The summed E-state index contributed by atoms with van der Waals surface area (Å²) in [6, 6.07) is 0. The van der Waals surface area contributed by atoms with E-state index in [0.717, 1.165) is 5.57 Å². The largest absolute Gasteiger partial charge is 0.456 e. The highest BCUT2D eigenvalue weighted by atomic mass is 16.6. The maximum atomic E-state index is 12.5. The number of rotatable bonds is 10. The molecule has 0 radical (unpaired) electrons. The lowest BCUT2D eigenvalue weighted by molar-refractivity contribution is -0.159. The van der Waals surface area contributed by atoms with E-state index in [1.807, 2.05) is 26.8 Å². The van der Waals surface area contributed by atoms with E-state index in [2.05, 4.69) is 6.58 Å². The number of aliphatic hydroxyl groups excluding tert-OH is 2. The molecule has 32 heavy (non-hydrogen) atoms. The smallest absolute Gasteiger partial charge is 0.333 e. The van der Waals surface area contributed by atoms with Gasteiger partial charge in [-0.1, -0.05) is 24.3 Å². The van der Waals surface area contributed by atoms with Crippen LogP contribution in [0.5, 0.6) is 0 Å². The van der Waals surface area contributed by atoms with Crippen LogP contribution in [0.25, 0.3) is 0 Å². The van der Waals surface area contributed by atoms with E-state index in [4.69, 9.17) is 14.2 Å². The summed E-state index contributed by atoms with van der Waals surface area (Å²) >= 11 is 0. The number of epoxide rings is 1. The highest BCUT2D eigenvalue weighted by Gasteiger charge is 2.66. The first-order valence-electron chi connectivity index (χ1n) is 11.3. The molecule has 0 aromatic carbocycles. The fraction of sp³-hybridized carbons (Fsp3) is 0.720. The molecule has 7 atom stereocenters. The van der Waals surface area contributed by atoms with Gasteiger partial charge in [0.05, 0.1) is 30.5 Å². The van der Waals surface area contributed by atoms with Crippen molar-refractivity contribution >= 4 is 5.97 Å². The van der Waals surface area contributed by atoms with Gasteiger partial charge in [0.1, 0.15) is 17.8 Å². The molecular formula is C25H40O7. The van der Waals surface area contributed by atoms with Crippen LogP contribution in [0.4, 0.5) is 0 Å². The summed E-state index contributed by atoms with van der Waals surface area (Å²) < 4.78 is 17.6. The van der Waals surface area contributed by atoms with Gasteiger partial charge in [0.25, 0.3) is 0 Å². The Bertz CT molecular complexity index is 763. The summed E-state index contributed by atoms with van der Waals surface area (Å²) in [5.74, 6) is -0.931. The Morgan fingerprint density at radius 1 is 1.31 bits per heavy atom. The van der Waals surface area contributed by atoms with Crippen LogP contribution < -0.4 is 0 Å². The maximum Gasteiger partial charge on any atom is 0.333 e. The second-order valence-corrected chi connectivity index (χ2v) is 9.83. The number of carbonyl (C=O) groups excluding carboxylic acids is 1. The van der Waals surface area contributed by atoms with Gasteiger partial charge in [-0.05, 0) is 60.5 Å². The van der Waals surface area contributed by atoms with Gasteiger partial charge in [-0.2, -0.15) is 0 Å². The molecule has 1 saturated carbocycles. The van der Waals surface area contributed by atoms with Gasteiger partial charge in [-0.25, -0.2) is 4.79 Å². The summed E-state index contributed by atoms with van der Waals surface area (Å²) in [4.78, 5) is 12.5. The Balaban J connectivity index is 2.31. The van der Waals surface area contributed by atoms with Crippen LogP contribution in [0.2, 0.25) is 0 Å². The van der Waals surface area contributed by atoms with Crippen LogP contribution in [0.1, 0.15) is 61.3 Å². The van der Waals surface area contributed by atoms with E-state index in [9.17, 15) is 20.1 Å². The number of ether oxygens (including phenoxy) is 3. The molecule has 0 bridgehead atoms. The van der Waals surface area contributed by atoms with Gasteiger partial charge in [0, 0.05) is 17.9 Å². The van der Waals surface area contributed by atoms with Crippen LogP contribution in [0.3, 0.4) is 0 Å². The van der Waals surface area contributed by atoms with Crippen molar-refractivity contribution in [1.82, 2.24) is 0 Å². The van der Waals surface area contributed by atoms with Crippen molar-refractivity contribution in [1.29, 1.82) is 0 Å². The Labute approximate surface area is 191 Å². The molecule has 1 saturated heterocycles. The van der Waals surface area contributed by atoms with Gasteiger partial charge >= 0.3 is 5.97 Å². The fourth-order valence-corrected chi connectivity index (χ4v) is 3.94. The Morgan fingerprint density at radius 3 is 2.47 bits per heavy atom. The van der Waals surface area contributed by atoms with Crippen LogP contribution in [-0.4, -0.2) is 69.6 Å². The Morgan fingerprint density at radius 2 is 1.94 bits per heavy atom. The van der Waals surface area contributed by atoms with E-state index >= 15 is 0 Å². The highest BCUT2D eigenvalue weighted by Crippen LogP contribution is 2.52. The number of hydrogen-bond donors (Lipinski definition) is 3. The predicted octanol–water partition coefficient (Wildman–Crippen LogP) is 2.83. The predicted molar refractivity (Wildman–Crippen MR) is 122 cm³/mol. The Hall–Kier alpha value is -1.51. The van der Waals surface area contributed by atoms with Gasteiger partial charge in [0.15, 0.2) is 0 Å². The first-order valence-corrected chi connectivity index (χ1v) is 11.3. The molecule has 0 spiro atoms. The van der Waals surface area contributed by atoms with E-state index in [1.54, 1.807) is 19.9 Å². The fourth-order valence-electron chi connectivity index (χ4n) is 3.94. The average Bonchev–Trinajstić information content (AvgIpc) is 3.42. The Kier molecular flexibility index (Phi) is 8.51. The average molecular weight is 453 g/mol. The lowest BCUT2D eigenvalue weighted by Gasteiger charge is -2.39. The van der Waals surface area contributed by atoms with Crippen molar-refractivity contribution in [2.45, 2.75) is 103 Å². The van der Waals surface area contributed by atoms with Crippen molar-refractivity contribution in [2.24, 2.45) is 5.92 Å². The zero-order valence-electron chi connectivity index (χ0n) is 20.4. The van der Waals surface area contributed by atoms with Crippen molar-refractivity contribution < 1.29 is 34.3 Å². The van der Waals surface area contributed by atoms with Crippen molar-refractivity contribution in [2.75, 3.05) is 6.61 Å². The molecular weight excluding hydrogens is 412 g/mol. The SMILES string of the molecule is C=C(C(CC(O)C(C)(C)O)OC/C(C)=C\C)[C@H]1C[C@H]2O[C@@]2(C)[C@@H](O)[C@H]1OC(=O)/C(C)=C\C. The quantitative estimate of drug-likeness (QED) is 0.202. The van der Waals surface area contributed by atoms with Crippen molar-refractivity contribution in [3.63, 3.8) is 0 Å². The number of allylic oxidation sites excluding steroid dienone is 2. The van der Waals surface area contributed by atoms with Crippen molar-refractivity contribution in [3.05, 3.63) is 35.5 Å². The molecule has 2 rings (SSSR count). The zero-order valence-corrected chi connectivity index (χ0v) is 20.4. The summed E-state index contributed by atoms with van der Waals surface area (Å²) in [5, 5.41) is 31.8. The first kappa shape index (κ1) is 26.7. The second kappa shape index (κ2) is 10.2. The van der Waals surface area contributed by atoms with Crippen LogP contribution in [0, 0.1) is 5.92 Å². The molecule has 7 heteroatoms. The summed E-state index contributed by atoms with van der Waals surface area (Å²) in [6.45, 7) is 16.7. The highest BCUT2D eigenvalue weighted by molar-refractivity contribution is 5.87. The molecule has 182 valence electrons. The van der Waals surface area contributed by atoms with Gasteiger partial charge in [-0.3, -0.25) is 0 Å². The minimum absolute atomic E-state index is 0.114. The van der Waals surface area contributed by atoms with E-state index < -0.39 is 47.5 Å². The molecule has 1 heterocycles. The topological polar surface area (TPSA) is 109 Å². The summed E-state index contributed by atoms with van der Waals surface area (Å²) in [5.41, 5.74) is -0.0227. The number of hydrogen-bond acceptors (Lipinski definition) is 7. The van der Waals surface area contributed by atoms with Crippen molar-refractivity contribution in [3.8, 4) is 0 Å². The molecule has 3 N–H and O–H groups in total. The van der Waals surface area contributed by atoms with E-state index in [1.165, 1.54) is 13.8 Å². The molecule has 1 aliphatic carbocycles. The zero-order chi connectivity index (χ0) is 24.4. The third kappa shape index (κ3) is 5.88. The lowest BCUT2D eigenvalue weighted by atomic mass is 9.73. The third-order valence-corrected chi connectivity index (χ3v) is 6.89. The molecule has 0 aromatic rings. The molecule has 2 aliphatic rings. The number of aliphatic hydroxyl groups is 3. The van der Waals surface area contributed by atoms with E-state index in [0.29, 0.717) is 24.2 Å². The molecule has 0 amide bonds. The minimum Gasteiger partial charge on any atom is -0.456 e. The molecule has 2 unspecified atom stereocenters. The molecule has 1 aliphatic heterocycles. The van der Waals surface area contributed by atoms with E-state index in [-0.39, 0.29) is 12.5 Å². The van der Waals surface area contributed by atoms with Gasteiger partial charge < -0.3 is 29.5 Å². The normalized spacial score (nSPS) is 32.7.